The van der Waals surface area contributed by atoms with E-state index in [1.54, 1.807) is 0 Å². The van der Waals surface area contributed by atoms with Gasteiger partial charge in [-0.05, 0) is 11.5 Å². The van der Waals surface area contributed by atoms with Gasteiger partial charge < -0.3 is 5.73 Å². The van der Waals surface area contributed by atoms with E-state index in [4.69, 9.17) is 5.73 Å². The summed E-state index contributed by atoms with van der Waals surface area (Å²) in [4.78, 5) is 10.6. The highest BCUT2D eigenvalue weighted by molar-refractivity contribution is 5.74. The summed E-state index contributed by atoms with van der Waals surface area (Å²) in [5, 5.41) is 0. The van der Waals surface area contributed by atoms with Gasteiger partial charge in [-0.2, -0.15) is 0 Å². The van der Waals surface area contributed by atoms with Crippen LogP contribution in [0.25, 0.3) is 0 Å². The predicted molar refractivity (Wildman–Crippen MR) is 48.7 cm³/mol. The highest BCUT2D eigenvalue weighted by Gasteiger charge is 2.06. The summed E-state index contributed by atoms with van der Waals surface area (Å²) in [6.45, 7) is 2.00. The Morgan fingerprint density at radius 3 is 2.50 bits per heavy atom. The molecule has 2 N–H and O–H groups in total. The Balaban J connectivity index is 2.65. The lowest BCUT2D eigenvalue weighted by atomic mass is 9.98. The van der Waals surface area contributed by atoms with Crippen LogP contribution in [0.2, 0.25) is 0 Å². The number of carbonyl (C=O) groups excluding carboxylic acids is 1. The summed E-state index contributed by atoms with van der Waals surface area (Å²) in [5.74, 6) is -0.0185. The number of carbonyl (C=O) groups is 1. The van der Waals surface area contributed by atoms with Gasteiger partial charge in [0.1, 0.15) is 0 Å². The molecule has 64 valence electrons. The molecule has 1 aromatic rings. The lowest BCUT2D eigenvalue weighted by Gasteiger charge is -2.08. The molecular formula is C10H13NO. The summed E-state index contributed by atoms with van der Waals surface area (Å²) in [5.41, 5.74) is 6.26. The molecule has 0 saturated heterocycles. The van der Waals surface area contributed by atoms with Crippen molar-refractivity contribution in [3.05, 3.63) is 35.9 Å². The first-order valence-electron chi connectivity index (χ1n) is 4.03. The van der Waals surface area contributed by atoms with E-state index in [-0.39, 0.29) is 11.8 Å². The number of primary amides is 1. The molecule has 0 aromatic heterocycles. The molecule has 12 heavy (non-hydrogen) atoms. The van der Waals surface area contributed by atoms with Crippen molar-refractivity contribution in [2.75, 3.05) is 0 Å². The van der Waals surface area contributed by atoms with Crippen molar-refractivity contribution in [3.8, 4) is 0 Å². The van der Waals surface area contributed by atoms with Crippen LogP contribution in [-0.4, -0.2) is 5.91 Å². The van der Waals surface area contributed by atoms with Crippen LogP contribution in [0.5, 0.6) is 0 Å². The first kappa shape index (κ1) is 8.78. The third kappa shape index (κ3) is 2.38. The number of benzene rings is 1. The number of hydrogen-bond acceptors (Lipinski definition) is 1. The van der Waals surface area contributed by atoms with E-state index in [9.17, 15) is 4.79 Å². The van der Waals surface area contributed by atoms with Crippen LogP contribution in [0, 0.1) is 0 Å². The Morgan fingerprint density at radius 1 is 1.42 bits per heavy atom. The molecule has 0 bridgehead atoms. The van der Waals surface area contributed by atoms with Crippen LogP contribution in [-0.2, 0) is 4.79 Å². The van der Waals surface area contributed by atoms with Crippen LogP contribution in [0.4, 0.5) is 0 Å². The highest BCUT2D eigenvalue weighted by atomic mass is 16.1. The Bertz CT molecular complexity index is 256. The normalized spacial score (nSPS) is 12.4. The second kappa shape index (κ2) is 3.90. The van der Waals surface area contributed by atoms with Crippen LogP contribution in [0.15, 0.2) is 30.3 Å². The summed E-state index contributed by atoms with van der Waals surface area (Å²) in [6.07, 6.45) is 0.421. The van der Waals surface area contributed by atoms with Crippen molar-refractivity contribution in [2.24, 2.45) is 5.73 Å². The van der Waals surface area contributed by atoms with Gasteiger partial charge in [-0.1, -0.05) is 37.3 Å². The van der Waals surface area contributed by atoms with Gasteiger partial charge in [0, 0.05) is 6.42 Å². The molecule has 2 nitrogen and oxygen atoms in total. The fourth-order valence-electron chi connectivity index (χ4n) is 1.20. The van der Waals surface area contributed by atoms with Crippen molar-refractivity contribution >= 4 is 5.91 Å². The van der Waals surface area contributed by atoms with Gasteiger partial charge >= 0.3 is 0 Å². The lowest BCUT2D eigenvalue weighted by molar-refractivity contribution is -0.118. The van der Waals surface area contributed by atoms with E-state index in [1.165, 1.54) is 0 Å². The second-order valence-electron chi connectivity index (χ2n) is 2.98. The zero-order chi connectivity index (χ0) is 8.97. The van der Waals surface area contributed by atoms with Crippen molar-refractivity contribution in [2.45, 2.75) is 19.3 Å². The lowest BCUT2D eigenvalue weighted by Crippen LogP contribution is -2.13. The zero-order valence-electron chi connectivity index (χ0n) is 7.16. The number of rotatable bonds is 3. The fraction of sp³-hybridized carbons (Fsp3) is 0.300. The minimum Gasteiger partial charge on any atom is -0.370 e. The number of amides is 1. The molecule has 0 saturated carbocycles. The molecule has 2 heteroatoms. The van der Waals surface area contributed by atoms with Gasteiger partial charge in [0.25, 0.3) is 0 Å². The third-order valence-corrected chi connectivity index (χ3v) is 1.88. The minimum absolute atomic E-state index is 0.226. The first-order valence-corrected chi connectivity index (χ1v) is 4.03. The third-order valence-electron chi connectivity index (χ3n) is 1.88. The quantitative estimate of drug-likeness (QED) is 0.723. The van der Waals surface area contributed by atoms with Gasteiger partial charge in [0.05, 0.1) is 0 Å². The molecule has 1 amide bonds. The number of nitrogens with two attached hydrogens (primary N) is 1. The Morgan fingerprint density at radius 2 is 2.00 bits per heavy atom. The van der Waals surface area contributed by atoms with Crippen molar-refractivity contribution < 1.29 is 4.79 Å². The largest absolute Gasteiger partial charge is 0.370 e. The Kier molecular flexibility index (Phi) is 2.86. The standard InChI is InChI=1S/C10H13NO/c1-8(7-10(11)12)9-5-3-2-4-6-9/h2-6,8H,7H2,1H3,(H2,11,12)/t8-/m0/s1. The van der Waals surface area contributed by atoms with Crippen molar-refractivity contribution in [1.82, 2.24) is 0 Å². The van der Waals surface area contributed by atoms with Crippen molar-refractivity contribution in [1.29, 1.82) is 0 Å². The summed E-state index contributed by atoms with van der Waals surface area (Å²) < 4.78 is 0. The molecule has 1 rings (SSSR count). The molecule has 1 atom stereocenters. The Hall–Kier alpha value is -1.31. The van der Waals surface area contributed by atoms with Gasteiger partial charge in [-0.15, -0.1) is 0 Å². The topological polar surface area (TPSA) is 43.1 Å². The van der Waals surface area contributed by atoms with Gasteiger partial charge in [0.2, 0.25) is 5.91 Å². The molecule has 0 aliphatic rings. The zero-order valence-corrected chi connectivity index (χ0v) is 7.16. The van der Waals surface area contributed by atoms with E-state index in [0.717, 1.165) is 5.56 Å². The van der Waals surface area contributed by atoms with E-state index in [2.05, 4.69) is 0 Å². The van der Waals surface area contributed by atoms with Crippen molar-refractivity contribution in [3.63, 3.8) is 0 Å². The molecule has 0 heterocycles. The molecule has 0 fully saturated rings. The molecule has 0 spiro atoms. The highest BCUT2D eigenvalue weighted by Crippen LogP contribution is 2.17. The van der Waals surface area contributed by atoms with E-state index >= 15 is 0 Å². The smallest absolute Gasteiger partial charge is 0.218 e. The molecular weight excluding hydrogens is 150 g/mol. The second-order valence-corrected chi connectivity index (χ2v) is 2.98. The van der Waals surface area contributed by atoms with E-state index < -0.39 is 0 Å². The maximum Gasteiger partial charge on any atom is 0.218 e. The molecule has 0 aliphatic heterocycles. The van der Waals surface area contributed by atoms with Gasteiger partial charge in [0.15, 0.2) is 0 Å². The summed E-state index contributed by atoms with van der Waals surface area (Å²) in [6, 6.07) is 9.90. The molecule has 0 unspecified atom stereocenters. The molecule has 0 aliphatic carbocycles. The van der Waals surface area contributed by atoms with Crippen LogP contribution in [0.3, 0.4) is 0 Å². The SMILES string of the molecule is C[C@@H](CC(N)=O)c1ccccc1. The number of hydrogen-bond donors (Lipinski definition) is 1. The maximum atomic E-state index is 10.6. The first-order chi connectivity index (χ1) is 5.70. The molecule has 1 aromatic carbocycles. The average Bonchev–Trinajstić information content (AvgIpc) is 2.05. The van der Waals surface area contributed by atoms with Gasteiger partial charge in [-0.3, -0.25) is 4.79 Å². The maximum absolute atomic E-state index is 10.6. The van der Waals surface area contributed by atoms with E-state index in [0.29, 0.717) is 6.42 Å². The fourth-order valence-corrected chi connectivity index (χ4v) is 1.20. The summed E-state index contributed by atoms with van der Waals surface area (Å²) >= 11 is 0. The monoisotopic (exact) mass is 163 g/mol. The van der Waals surface area contributed by atoms with Crippen LogP contribution in [0.1, 0.15) is 24.8 Å². The molecule has 0 radical (unpaired) electrons. The van der Waals surface area contributed by atoms with Gasteiger partial charge in [-0.25, -0.2) is 0 Å². The Labute approximate surface area is 72.4 Å². The van der Waals surface area contributed by atoms with Crippen LogP contribution >= 0.6 is 0 Å². The average molecular weight is 163 g/mol. The van der Waals surface area contributed by atoms with E-state index in [1.807, 2.05) is 37.3 Å². The predicted octanol–water partition coefficient (Wildman–Crippen LogP) is 1.67. The minimum atomic E-state index is -0.244. The van der Waals surface area contributed by atoms with Crippen LogP contribution < -0.4 is 5.73 Å². The summed E-state index contributed by atoms with van der Waals surface area (Å²) in [7, 11) is 0.